The predicted molar refractivity (Wildman–Crippen MR) is 85.6 cm³/mol. The molecule has 4 N–H and O–H groups in total. The molecule has 0 amide bonds. The lowest BCUT2D eigenvalue weighted by atomic mass is 10.3. The Balaban J connectivity index is 2.01. The Kier molecular flexibility index (Phi) is 3.20. The molecule has 0 spiro atoms. The fourth-order valence-electron chi connectivity index (χ4n) is 1.82. The normalized spacial score (nSPS) is 10.8. The maximum absolute atomic E-state index is 5.75. The van der Waals surface area contributed by atoms with Gasteiger partial charge in [-0.15, -0.1) is 0 Å². The van der Waals surface area contributed by atoms with Crippen LogP contribution in [0.3, 0.4) is 0 Å². The molecule has 0 saturated heterocycles. The zero-order chi connectivity index (χ0) is 13.4. The van der Waals surface area contributed by atoms with Crippen LogP contribution in [0.1, 0.15) is 0 Å². The molecule has 0 bridgehead atoms. The summed E-state index contributed by atoms with van der Waals surface area (Å²) in [6.45, 7) is 0. The fourth-order valence-corrected chi connectivity index (χ4v) is 3.02. The van der Waals surface area contributed by atoms with Gasteiger partial charge in [-0.3, -0.25) is 0 Å². The standard InChI is InChI=1S/C13H10Br2N4/c14-8-2-1-3-9(15)12(8)19-13-17-10-5-4-7(16)6-11(10)18-13/h1-6H,16H2,(H2,17,18,19). The molecule has 3 aromatic rings. The van der Waals surface area contributed by atoms with Gasteiger partial charge in [0.15, 0.2) is 0 Å². The SMILES string of the molecule is Nc1ccc2nc(Nc3c(Br)cccc3Br)[nH]c2c1. The van der Waals surface area contributed by atoms with Crippen molar-refractivity contribution >= 4 is 60.2 Å². The highest BCUT2D eigenvalue weighted by Crippen LogP contribution is 2.32. The summed E-state index contributed by atoms with van der Waals surface area (Å²) in [5, 5.41) is 3.25. The Morgan fingerprint density at radius 1 is 1.11 bits per heavy atom. The van der Waals surface area contributed by atoms with Crippen molar-refractivity contribution < 1.29 is 0 Å². The van der Waals surface area contributed by atoms with Crippen molar-refractivity contribution in [1.29, 1.82) is 0 Å². The number of anilines is 3. The topological polar surface area (TPSA) is 66.7 Å². The first-order chi connectivity index (χ1) is 9.13. The molecule has 2 aromatic carbocycles. The first-order valence-corrected chi connectivity index (χ1v) is 7.18. The van der Waals surface area contributed by atoms with Crippen molar-refractivity contribution in [2.45, 2.75) is 0 Å². The largest absolute Gasteiger partial charge is 0.399 e. The summed E-state index contributed by atoms with van der Waals surface area (Å²) in [6, 6.07) is 11.5. The third kappa shape index (κ3) is 2.46. The van der Waals surface area contributed by atoms with Crippen LogP contribution in [0, 0.1) is 0 Å². The summed E-state index contributed by atoms with van der Waals surface area (Å²) in [5.74, 6) is 0.674. The number of hydrogen-bond acceptors (Lipinski definition) is 3. The predicted octanol–water partition coefficient (Wildman–Crippen LogP) is 4.41. The molecule has 0 atom stereocenters. The number of nitrogens with one attached hydrogen (secondary N) is 2. The number of H-pyrrole nitrogens is 1. The summed E-state index contributed by atoms with van der Waals surface area (Å²) < 4.78 is 1.92. The molecule has 1 heterocycles. The average Bonchev–Trinajstić information content (AvgIpc) is 2.75. The lowest BCUT2D eigenvalue weighted by Crippen LogP contribution is -1.94. The van der Waals surface area contributed by atoms with E-state index in [2.05, 4.69) is 47.1 Å². The minimum absolute atomic E-state index is 0.674. The van der Waals surface area contributed by atoms with Crippen molar-refractivity contribution in [3.63, 3.8) is 0 Å². The molecule has 19 heavy (non-hydrogen) atoms. The molecule has 4 nitrogen and oxygen atoms in total. The summed E-state index contributed by atoms with van der Waals surface area (Å²) in [5.41, 5.74) is 9.17. The minimum Gasteiger partial charge on any atom is -0.399 e. The van der Waals surface area contributed by atoms with Gasteiger partial charge in [-0.25, -0.2) is 4.98 Å². The van der Waals surface area contributed by atoms with E-state index in [4.69, 9.17) is 5.73 Å². The van der Waals surface area contributed by atoms with E-state index in [-0.39, 0.29) is 0 Å². The molecular weight excluding hydrogens is 372 g/mol. The number of fused-ring (bicyclic) bond motifs is 1. The van der Waals surface area contributed by atoms with Gasteiger partial charge in [0.25, 0.3) is 0 Å². The van der Waals surface area contributed by atoms with Gasteiger partial charge < -0.3 is 16.0 Å². The van der Waals surface area contributed by atoms with E-state index < -0.39 is 0 Å². The van der Waals surface area contributed by atoms with E-state index in [1.807, 2.05) is 36.4 Å². The number of benzene rings is 2. The van der Waals surface area contributed by atoms with E-state index in [1.54, 1.807) is 0 Å². The molecule has 0 fully saturated rings. The van der Waals surface area contributed by atoms with E-state index in [1.165, 1.54) is 0 Å². The van der Waals surface area contributed by atoms with Gasteiger partial charge in [0.05, 0.1) is 16.7 Å². The molecule has 3 rings (SSSR count). The van der Waals surface area contributed by atoms with Gasteiger partial charge in [0.1, 0.15) is 0 Å². The number of nitrogens with two attached hydrogens (primary N) is 1. The second-order valence-corrected chi connectivity index (χ2v) is 5.79. The molecule has 0 aliphatic carbocycles. The number of imidazole rings is 1. The lowest BCUT2D eigenvalue weighted by Gasteiger charge is -2.07. The monoisotopic (exact) mass is 380 g/mol. The molecule has 0 aliphatic rings. The van der Waals surface area contributed by atoms with Crippen LogP contribution in [-0.4, -0.2) is 9.97 Å². The number of aromatic amines is 1. The van der Waals surface area contributed by atoms with Crippen LogP contribution in [0.15, 0.2) is 45.3 Å². The van der Waals surface area contributed by atoms with Crippen LogP contribution in [0.2, 0.25) is 0 Å². The number of nitrogens with zero attached hydrogens (tertiary/aromatic N) is 1. The Morgan fingerprint density at radius 2 is 1.84 bits per heavy atom. The van der Waals surface area contributed by atoms with Crippen molar-refractivity contribution in [3.05, 3.63) is 45.3 Å². The smallest absolute Gasteiger partial charge is 0.205 e. The highest BCUT2D eigenvalue weighted by atomic mass is 79.9. The van der Waals surface area contributed by atoms with Gasteiger partial charge in [0.2, 0.25) is 5.95 Å². The molecule has 96 valence electrons. The van der Waals surface area contributed by atoms with Gasteiger partial charge in [-0.2, -0.15) is 0 Å². The first kappa shape index (κ1) is 12.5. The van der Waals surface area contributed by atoms with Crippen molar-refractivity contribution in [3.8, 4) is 0 Å². The Hall–Kier alpha value is -1.53. The van der Waals surface area contributed by atoms with Crippen LogP contribution >= 0.6 is 31.9 Å². The van der Waals surface area contributed by atoms with Crippen LogP contribution < -0.4 is 11.1 Å². The average molecular weight is 382 g/mol. The van der Waals surface area contributed by atoms with Crippen molar-refractivity contribution in [2.24, 2.45) is 0 Å². The number of halogens is 2. The lowest BCUT2D eigenvalue weighted by molar-refractivity contribution is 1.30. The summed E-state index contributed by atoms with van der Waals surface area (Å²) in [4.78, 5) is 7.66. The third-order valence-corrected chi connectivity index (χ3v) is 4.03. The zero-order valence-electron chi connectivity index (χ0n) is 9.74. The van der Waals surface area contributed by atoms with E-state index in [9.17, 15) is 0 Å². The molecule has 0 unspecified atom stereocenters. The van der Waals surface area contributed by atoms with Crippen molar-refractivity contribution in [1.82, 2.24) is 9.97 Å². The highest BCUT2D eigenvalue weighted by Gasteiger charge is 2.08. The summed E-state index contributed by atoms with van der Waals surface area (Å²) in [7, 11) is 0. The molecule has 6 heteroatoms. The second-order valence-electron chi connectivity index (χ2n) is 4.08. The molecule has 1 aromatic heterocycles. The number of para-hydroxylation sites is 1. The van der Waals surface area contributed by atoms with Gasteiger partial charge >= 0.3 is 0 Å². The summed E-state index contributed by atoms with van der Waals surface area (Å²) in [6.07, 6.45) is 0. The van der Waals surface area contributed by atoms with Crippen LogP contribution in [-0.2, 0) is 0 Å². The second kappa shape index (κ2) is 4.86. The van der Waals surface area contributed by atoms with E-state index in [0.29, 0.717) is 11.6 Å². The van der Waals surface area contributed by atoms with Gasteiger partial charge in [-0.1, -0.05) is 6.07 Å². The van der Waals surface area contributed by atoms with E-state index >= 15 is 0 Å². The van der Waals surface area contributed by atoms with Crippen LogP contribution in [0.25, 0.3) is 11.0 Å². The maximum atomic E-state index is 5.75. The molecule has 0 saturated carbocycles. The minimum atomic E-state index is 0.674. The quantitative estimate of drug-likeness (QED) is 0.576. The van der Waals surface area contributed by atoms with Gasteiger partial charge in [0, 0.05) is 14.6 Å². The van der Waals surface area contributed by atoms with Crippen LogP contribution in [0.5, 0.6) is 0 Å². The zero-order valence-corrected chi connectivity index (χ0v) is 12.9. The fraction of sp³-hybridized carbons (Fsp3) is 0. The first-order valence-electron chi connectivity index (χ1n) is 5.60. The Bertz CT molecular complexity index is 731. The van der Waals surface area contributed by atoms with Crippen molar-refractivity contribution in [2.75, 3.05) is 11.1 Å². The highest BCUT2D eigenvalue weighted by molar-refractivity contribution is 9.11. The maximum Gasteiger partial charge on any atom is 0.205 e. The Morgan fingerprint density at radius 3 is 2.58 bits per heavy atom. The molecular formula is C13H10Br2N4. The number of aromatic nitrogens is 2. The van der Waals surface area contributed by atoms with Crippen LogP contribution in [0.4, 0.5) is 17.3 Å². The Labute approximate surface area is 126 Å². The molecule has 0 aliphatic heterocycles. The third-order valence-electron chi connectivity index (χ3n) is 2.71. The number of hydrogen-bond donors (Lipinski definition) is 3. The number of nitrogen functional groups attached to an aromatic ring is 1. The van der Waals surface area contributed by atoms with Gasteiger partial charge in [-0.05, 0) is 62.2 Å². The summed E-state index contributed by atoms with van der Waals surface area (Å²) >= 11 is 7.01. The molecule has 0 radical (unpaired) electrons. The number of rotatable bonds is 2. The van der Waals surface area contributed by atoms with E-state index in [0.717, 1.165) is 25.7 Å².